The van der Waals surface area contributed by atoms with Crippen molar-refractivity contribution < 1.29 is 10.0 Å². The average Bonchev–Trinajstić information content (AvgIpc) is 2.36. The van der Waals surface area contributed by atoms with E-state index in [1.807, 2.05) is 13.8 Å². The van der Waals surface area contributed by atoms with Crippen molar-refractivity contribution in [1.82, 2.24) is 4.98 Å². The van der Waals surface area contributed by atoms with Gasteiger partial charge in [-0.2, -0.15) is 0 Å². The Bertz CT molecular complexity index is 415. The summed E-state index contributed by atoms with van der Waals surface area (Å²) in [6.45, 7) is 4.57. The van der Waals surface area contributed by atoms with Crippen molar-refractivity contribution in [3.63, 3.8) is 0 Å². The van der Waals surface area contributed by atoms with Crippen LogP contribution in [0.5, 0.6) is 0 Å². The molecular formula is C11H17N3O3S. The molecule has 1 unspecified atom stereocenters. The summed E-state index contributed by atoms with van der Waals surface area (Å²) in [4.78, 5) is 14.7. The van der Waals surface area contributed by atoms with E-state index < -0.39 is 4.92 Å². The van der Waals surface area contributed by atoms with E-state index in [9.17, 15) is 10.1 Å². The van der Waals surface area contributed by atoms with Crippen molar-refractivity contribution in [3.8, 4) is 0 Å². The molecule has 0 radical (unpaired) electrons. The summed E-state index contributed by atoms with van der Waals surface area (Å²) >= 11 is 1.41. The van der Waals surface area contributed by atoms with Crippen LogP contribution in [0.25, 0.3) is 0 Å². The Balaban J connectivity index is 2.85. The van der Waals surface area contributed by atoms with Crippen molar-refractivity contribution in [1.29, 1.82) is 0 Å². The van der Waals surface area contributed by atoms with Gasteiger partial charge in [0.1, 0.15) is 10.8 Å². The number of rotatable bonds is 7. The number of anilines is 1. The van der Waals surface area contributed by atoms with Gasteiger partial charge in [-0.25, -0.2) is 4.98 Å². The van der Waals surface area contributed by atoms with E-state index in [0.29, 0.717) is 23.1 Å². The van der Waals surface area contributed by atoms with E-state index in [0.717, 1.165) is 0 Å². The lowest BCUT2D eigenvalue weighted by atomic mass is 10.2. The van der Waals surface area contributed by atoms with Gasteiger partial charge < -0.3 is 10.4 Å². The monoisotopic (exact) mass is 271 g/mol. The van der Waals surface area contributed by atoms with E-state index >= 15 is 0 Å². The Labute approximate surface area is 110 Å². The highest BCUT2D eigenvalue weighted by atomic mass is 32.2. The highest BCUT2D eigenvalue weighted by Gasteiger charge is 2.12. The third-order valence-corrected chi connectivity index (χ3v) is 3.42. The molecule has 7 heteroatoms. The van der Waals surface area contributed by atoms with Crippen LogP contribution in [0.3, 0.4) is 0 Å². The lowest BCUT2D eigenvalue weighted by Crippen LogP contribution is -2.05. The predicted molar refractivity (Wildman–Crippen MR) is 72.0 cm³/mol. The molecule has 0 saturated heterocycles. The second-order valence-electron chi connectivity index (χ2n) is 3.94. The molecule has 0 saturated carbocycles. The minimum absolute atomic E-state index is 0.0279. The fourth-order valence-corrected chi connectivity index (χ4v) is 2.15. The summed E-state index contributed by atoms with van der Waals surface area (Å²) in [7, 11) is 0. The molecule has 18 heavy (non-hydrogen) atoms. The predicted octanol–water partition coefficient (Wildman–Crippen LogP) is 2.14. The molecule has 1 heterocycles. The first-order valence-electron chi connectivity index (χ1n) is 5.70. The summed E-state index contributed by atoms with van der Waals surface area (Å²) in [5.74, 6) is 1.32. The van der Waals surface area contributed by atoms with Gasteiger partial charge in [0.2, 0.25) is 0 Å². The number of pyridine rings is 1. The van der Waals surface area contributed by atoms with Crippen molar-refractivity contribution in [2.45, 2.75) is 18.9 Å². The maximum absolute atomic E-state index is 10.8. The van der Waals surface area contributed by atoms with Gasteiger partial charge >= 0.3 is 0 Å². The maximum Gasteiger partial charge on any atom is 0.275 e. The van der Waals surface area contributed by atoms with Gasteiger partial charge in [0, 0.05) is 25.0 Å². The first-order chi connectivity index (χ1) is 8.56. The first-order valence-corrected chi connectivity index (χ1v) is 6.69. The van der Waals surface area contributed by atoms with Gasteiger partial charge in [-0.3, -0.25) is 10.1 Å². The molecule has 1 aromatic heterocycles. The minimum Gasteiger partial charge on any atom is -0.396 e. The van der Waals surface area contributed by atoms with Crippen molar-refractivity contribution in [2.24, 2.45) is 5.92 Å². The summed E-state index contributed by atoms with van der Waals surface area (Å²) in [6, 6.07) is 2.87. The number of aliphatic hydroxyl groups excluding tert-OH is 1. The lowest BCUT2D eigenvalue weighted by Gasteiger charge is -2.08. The zero-order valence-electron chi connectivity index (χ0n) is 10.4. The highest BCUT2D eigenvalue weighted by Crippen LogP contribution is 2.25. The second kappa shape index (κ2) is 7.17. The van der Waals surface area contributed by atoms with Crippen LogP contribution < -0.4 is 5.32 Å². The smallest absolute Gasteiger partial charge is 0.275 e. The molecule has 0 aliphatic carbocycles. The van der Waals surface area contributed by atoms with E-state index in [1.54, 1.807) is 0 Å². The fourth-order valence-electron chi connectivity index (χ4n) is 1.22. The van der Waals surface area contributed by atoms with Gasteiger partial charge in [0.05, 0.1) is 11.0 Å². The molecule has 0 amide bonds. The number of nitrogens with one attached hydrogen (secondary N) is 1. The first kappa shape index (κ1) is 14.7. The Morgan fingerprint density at radius 3 is 2.89 bits per heavy atom. The molecule has 0 aliphatic heterocycles. The third kappa shape index (κ3) is 4.50. The average molecular weight is 271 g/mol. The number of thioether (sulfide) groups is 1. The van der Waals surface area contributed by atoms with E-state index in [1.165, 1.54) is 23.9 Å². The summed E-state index contributed by atoms with van der Waals surface area (Å²) in [5.41, 5.74) is 0.0279. The van der Waals surface area contributed by atoms with Crippen LogP contribution in [0.15, 0.2) is 17.2 Å². The minimum atomic E-state index is -0.429. The molecule has 0 fully saturated rings. The van der Waals surface area contributed by atoms with Crippen molar-refractivity contribution in [3.05, 3.63) is 22.2 Å². The standard InChI is InChI=1S/C11H17N3O3S/c1-3-12-10-4-9(14(16)17)5-11(13-10)18-7-8(2)6-15/h4-5,8,15H,3,6-7H2,1-2H3,(H,12,13). The van der Waals surface area contributed by atoms with Crippen LogP contribution >= 0.6 is 11.8 Å². The Morgan fingerprint density at radius 2 is 2.33 bits per heavy atom. The quantitative estimate of drug-likeness (QED) is 0.449. The zero-order chi connectivity index (χ0) is 13.5. The van der Waals surface area contributed by atoms with Crippen LogP contribution in [-0.4, -0.2) is 33.9 Å². The molecule has 0 bridgehead atoms. The van der Waals surface area contributed by atoms with Gasteiger partial charge in [0.25, 0.3) is 5.69 Å². The van der Waals surface area contributed by atoms with E-state index in [2.05, 4.69) is 10.3 Å². The number of nitro groups is 1. The van der Waals surface area contributed by atoms with Crippen LogP contribution in [0.2, 0.25) is 0 Å². The molecule has 1 atom stereocenters. The summed E-state index contributed by atoms with van der Waals surface area (Å²) in [5, 5.41) is 23.3. The molecule has 6 nitrogen and oxygen atoms in total. The van der Waals surface area contributed by atoms with Crippen LogP contribution in [-0.2, 0) is 0 Å². The number of nitrogens with zero attached hydrogens (tertiary/aromatic N) is 2. The molecule has 2 N–H and O–H groups in total. The third-order valence-electron chi connectivity index (χ3n) is 2.18. The Kier molecular flexibility index (Phi) is 5.87. The molecule has 1 rings (SSSR count). The Hall–Kier alpha value is -1.34. The number of hydrogen-bond donors (Lipinski definition) is 2. The summed E-state index contributed by atoms with van der Waals surface area (Å²) < 4.78 is 0. The van der Waals surface area contributed by atoms with Crippen LogP contribution in [0, 0.1) is 16.0 Å². The number of hydrogen-bond acceptors (Lipinski definition) is 6. The van der Waals surface area contributed by atoms with Crippen molar-refractivity contribution in [2.75, 3.05) is 24.2 Å². The van der Waals surface area contributed by atoms with Crippen LogP contribution in [0.4, 0.5) is 11.5 Å². The summed E-state index contributed by atoms with van der Waals surface area (Å²) in [6.07, 6.45) is 0. The number of aliphatic hydroxyl groups is 1. The largest absolute Gasteiger partial charge is 0.396 e. The van der Waals surface area contributed by atoms with Crippen molar-refractivity contribution >= 4 is 23.3 Å². The van der Waals surface area contributed by atoms with Crippen LogP contribution in [0.1, 0.15) is 13.8 Å². The van der Waals surface area contributed by atoms with E-state index in [4.69, 9.17) is 5.11 Å². The fraction of sp³-hybridized carbons (Fsp3) is 0.545. The normalized spacial score (nSPS) is 12.2. The Morgan fingerprint density at radius 1 is 1.61 bits per heavy atom. The van der Waals surface area contributed by atoms with E-state index in [-0.39, 0.29) is 18.2 Å². The highest BCUT2D eigenvalue weighted by molar-refractivity contribution is 7.99. The second-order valence-corrected chi connectivity index (χ2v) is 4.98. The molecule has 0 aromatic carbocycles. The molecule has 0 aliphatic rings. The topological polar surface area (TPSA) is 88.3 Å². The zero-order valence-corrected chi connectivity index (χ0v) is 11.2. The molecule has 1 aromatic rings. The lowest BCUT2D eigenvalue weighted by molar-refractivity contribution is -0.385. The molecule has 100 valence electrons. The van der Waals surface area contributed by atoms with Gasteiger partial charge in [0.15, 0.2) is 0 Å². The van der Waals surface area contributed by atoms with Gasteiger partial charge in [-0.1, -0.05) is 6.92 Å². The maximum atomic E-state index is 10.8. The van der Waals surface area contributed by atoms with Gasteiger partial charge in [-0.05, 0) is 12.8 Å². The molecular weight excluding hydrogens is 254 g/mol. The molecule has 0 spiro atoms. The SMILES string of the molecule is CCNc1cc([N+](=O)[O-])cc(SCC(C)CO)n1. The van der Waals surface area contributed by atoms with Gasteiger partial charge in [-0.15, -0.1) is 11.8 Å². The number of aromatic nitrogens is 1.